The van der Waals surface area contributed by atoms with Crippen molar-refractivity contribution in [3.8, 4) is 22.5 Å². The third-order valence-electron chi connectivity index (χ3n) is 12.6. The Labute approximate surface area is 330 Å². The Hall–Kier alpha value is -5.46. The first-order valence-electron chi connectivity index (χ1n) is 19.9. The third kappa shape index (κ3) is 7.93. The second-order valence-electron chi connectivity index (χ2n) is 15.8. The van der Waals surface area contributed by atoms with Crippen molar-refractivity contribution in [2.24, 2.45) is 11.8 Å². The summed E-state index contributed by atoms with van der Waals surface area (Å²) in [5.41, 5.74) is 8.26. The minimum Gasteiger partial charge on any atom is -0.478 e. The molecule has 1 saturated carbocycles. The molecule has 0 bridgehead atoms. The van der Waals surface area contributed by atoms with E-state index < -0.39 is 24.3 Å². The van der Waals surface area contributed by atoms with E-state index in [-0.39, 0.29) is 47.4 Å². The van der Waals surface area contributed by atoms with E-state index in [1.165, 1.54) is 34.4 Å². The maximum Gasteiger partial charge on any atom is 0.335 e. The molecule has 2 fully saturated rings. The molecule has 5 aromatic rings. The van der Waals surface area contributed by atoms with Gasteiger partial charge in [0.1, 0.15) is 0 Å². The number of carbonyl (C=O) groups is 2. The summed E-state index contributed by atoms with van der Waals surface area (Å²) >= 11 is 0. The van der Waals surface area contributed by atoms with Gasteiger partial charge in [0.15, 0.2) is 0 Å². The topological polar surface area (TPSA) is 134 Å². The van der Waals surface area contributed by atoms with Gasteiger partial charge in [0.2, 0.25) is 5.91 Å². The molecule has 5 heterocycles. The van der Waals surface area contributed by atoms with Crippen molar-refractivity contribution in [3.63, 3.8) is 0 Å². The Kier molecular flexibility index (Phi) is 11.2. The van der Waals surface area contributed by atoms with Gasteiger partial charge in [-0.3, -0.25) is 4.79 Å². The first kappa shape index (κ1) is 38.4. The fourth-order valence-electron chi connectivity index (χ4n) is 9.34. The first-order valence-corrected chi connectivity index (χ1v) is 19.9. The molecule has 9 rings (SSSR count). The smallest absolute Gasteiger partial charge is 0.335 e. The van der Waals surface area contributed by atoms with Crippen LogP contribution in [0, 0.1) is 11.8 Å². The Balaban J connectivity index is 0.000000168. The SMILES string of the molecule is O=C(O)c1ccc(CC(=O)N2CCC(C(O)CC3c4ccccc4-c4cncn43)CC2)cc1.OC(CC1c2ccccc2-c2cncn21)C1CCC(=C(F)F)CC1. The summed E-state index contributed by atoms with van der Waals surface area (Å²) in [7, 11) is 0. The molecule has 1 saturated heterocycles. The molecule has 12 heteroatoms. The van der Waals surface area contributed by atoms with Crippen molar-refractivity contribution >= 4 is 11.9 Å². The van der Waals surface area contributed by atoms with Gasteiger partial charge in [0.25, 0.3) is 6.08 Å². The van der Waals surface area contributed by atoms with E-state index in [1.807, 2.05) is 54.2 Å². The number of rotatable bonds is 9. The summed E-state index contributed by atoms with van der Waals surface area (Å²) in [6.07, 6.45) is 10.1. The number of aromatic nitrogens is 4. The highest BCUT2D eigenvalue weighted by Gasteiger charge is 2.35. The lowest BCUT2D eigenvalue weighted by atomic mass is 9.80. The molecule has 4 aliphatic rings. The largest absolute Gasteiger partial charge is 0.478 e. The van der Waals surface area contributed by atoms with Crippen LogP contribution in [0.1, 0.15) is 90.5 Å². The summed E-state index contributed by atoms with van der Waals surface area (Å²) in [6, 6.07) is 23.1. The van der Waals surface area contributed by atoms with Crippen LogP contribution < -0.4 is 0 Å². The highest BCUT2D eigenvalue weighted by Crippen LogP contribution is 2.44. The number of amides is 1. The second-order valence-corrected chi connectivity index (χ2v) is 15.8. The molecule has 57 heavy (non-hydrogen) atoms. The Morgan fingerprint density at radius 2 is 1.19 bits per heavy atom. The number of likely N-dealkylation sites (tertiary alicyclic amines) is 1. The number of fused-ring (bicyclic) bond motifs is 6. The number of aliphatic hydroxyl groups is 2. The van der Waals surface area contributed by atoms with Crippen molar-refractivity contribution in [1.29, 1.82) is 0 Å². The van der Waals surface area contributed by atoms with Crippen LogP contribution in [-0.2, 0) is 11.2 Å². The van der Waals surface area contributed by atoms with Crippen molar-refractivity contribution < 1.29 is 33.7 Å². The van der Waals surface area contributed by atoms with Crippen molar-refractivity contribution in [2.75, 3.05) is 13.1 Å². The van der Waals surface area contributed by atoms with Gasteiger partial charge < -0.3 is 29.4 Å². The summed E-state index contributed by atoms with van der Waals surface area (Å²) in [5.74, 6) is -0.686. The Morgan fingerprint density at radius 3 is 1.68 bits per heavy atom. The average molecular weight is 776 g/mol. The van der Waals surface area contributed by atoms with Crippen molar-refractivity contribution in [2.45, 2.75) is 82.1 Å². The molecular weight excluding hydrogens is 729 g/mol. The standard InChI is InChI=1S/C26H27N3O4.C19H20F2N2O/c30-24(14-22-20-3-1-2-4-21(20)23-15-27-16-29(22)23)18-9-11-28(12-10-18)25(31)13-17-5-7-19(8-6-17)26(32)33;20-19(21)13-7-5-12(6-8-13)18(24)9-16-14-3-1-2-4-15(14)17-10-22-11-23(16)17/h1-8,15-16,18,22,24,30H,9-14H2,(H,32,33);1-4,10-12,16,18,24H,5-9H2. The van der Waals surface area contributed by atoms with E-state index >= 15 is 0 Å². The summed E-state index contributed by atoms with van der Waals surface area (Å²) in [4.78, 5) is 34.1. The number of aliphatic hydroxyl groups excluding tert-OH is 2. The summed E-state index contributed by atoms with van der Waals surface area (Å²) in [5, 5.41) is 30.8. The normalized spacial score (nSPS) is 20.7. The lowest BCUT2D eigenvalue weighted by molar-refractivity contribution is -0.132. The monoisotopic (exact) mass is 775 g/mol. The van der Waals surface area contributed by atoms with Crippen LogP contribution in [0.25, 0.3) is 22.5 Å². The zero-order valence-electron chi connectivity index (χ0n) is 31.6. The molecule has 4 unspecified atom stereocenters. The van der Waals surface area contributed by atoms with Gasteiger partial charge in [-0.25, -0.2) is 14.8 Å². The molecule has 10 nitrogen and oxygen atoms in total. The van der Waals surface area contributed by atoms with Gasteiger partial charge in [-0.2, -0.15) is 8.78 Å². The van der Waals surface area contributed by atoms with E-state index in [2.05, 4.69) is 43.4 Å². The van der Waals surface area contributed by atoms with Gasteiger partial charge in [-0.05, 0) is 97.6 Å². The lowest BCUT2D eigenvalue weighted by Gasteiger charge is -2.35. The van der Waals surface area contributed by atoms with Gasteiger partial charge >= 0.3 is 5.97 Å². The zero-order valence-corrected chi connectivity index (χ0v) is 31.6. The van der Waals surface area contributed by atoms with Gasteiger partial charge in [0.05, 0.1) is 72.7 Å². The number of hydrogen-bond donors (Lipinski definition) is 3. The maximum atomic E-state index is 12.7. The number of aromatic carboxylic acids is 1. The van der Waals surface area contributed by atoms with E-state index in [0.717, 1.165) is 29.8 Å². The summed E-state index contributed by atoms with van der Waals surface area (Å²) < 4.78 is 29.6. The van der Waals surface area contributed by atoms with E-state index in [4.69, 9.17) is 5.11 Å². The Bertz CT molecular complexity index is 2250. The number of hydrogen-bond acceptors (Lipinski definition) is 6. The van der Waals surface area contributed by atoms with Crippen LogP contribution >= 0.6 is 0 Å². The van der Waals surface area contributed by atoms with E-state index in [9.17, 15) is 28.6 Å². The molecule has 3 aromatic carbocycles. The third-order valence-corrected chi connectivity index (χ3v) is 12.6. The van der Waals surface area contributed by atoms with Gasteiger partial charge in [0, 0.05) is 24.2 Å². The number of imidazole rings is 2. The molecule has 2 aromatic heterocycles. The number of benzene rings is 3. The molecule has 1 amide bonds. The molecule has 0 spiro atoms. The fourth-order valence-corrected chi connectivity index (χ4v) is 9.34. The number of nitrogens with zero attached hydrogens (tertiary/aromatic N) is 5. The first-order chi connectivity index (χ1) is 27.7. The number of piperidine rings is 1. The minimum atomic E-state index is -1.53. The predicted octanol–water partition coefficient (Wildman–Crippen LogP) is 7.93. The Morgan fingerprint density at radius 1 is 0.702 bits per heavy atom. The van der Waals surface area contributed by atoms with Crippen LogP contribution in [0.2, 0.25) is 0 Å². The molecule has 3 N–H and O–H groups in total. The van der Waals surface area contributed by atoms with Crippen LogP contribution in [0.15, 0.2) is 109 Å². The highest BCUT2D eigenvalue weighted by atomic mass is 19.3. The highest BCUT2D eigenvalue weighted by molar-refractivity contribution is 5.88. The fraction of sp³-hybridized carbons (Fsp3) is 0.378. The quantitative estimate of drug-likeness (QED) is 0.139. The lowest BCUT2D eigenvalue weighted by Crippen LogP contribution is -2.42. The number of allylic oxidation sites excluding steroid dienone is 1. The van der Waals surface area contributed by atoms with Gasteiger partial charge in [-0.15, -0.1) is 0 Å². The number of carboxylic acid groups (broad SMARTS) is 1. The molecule has 3 aliphatic heterocycles. The summed E-state index contributed by atoms with van der Waals surface area (Å²) in [6.45, 7) is 1.26. The molecule has 0 radical (unpaired) electrons. The predicted molar refractivity (Wildman–Crippen MR) is 210 cm³/mol. The zero-order chi connectivity index (χ0) is 39.6. The average Bonchev–Trinajstić information content (AvgIpc) is 4.03. The number of halogens is 2. The molecule has 4 atom stereocenters. The van der Waals surface area contributed by atoms with Gasteiger partial charge in [-0.1, -0.05) is 60.7 Å². The van der Waals surface area contributed by atoms with E-state index in [0.29, 0.717) is 51.6 Å². The van der Waals surface area contributed by atoms with Crippen LogP contribution in [-0.4, -0.2) is 76.5 Å². The molecule has 1 aliphatic carbocycles. The van der Waals surface area contributed by atoms with Crippen LogP contribution in [0.4, 0.5) is 8.78 Å². The van der Waals surface area contributed by atoms with Crippen LogP contribution in [0.5, 0.6) is 0 Å². The second kappa shape index (κ2) is 16.6. The maximum absolute atomic E-state index is 12.7. The van der Waals surface area contributed by atoms with Crippen molar-refractivity contribution in [1.82, 2.24) is 24.0 Å². The van der Waals surface area contributed by atoms with Crippen molar-refractivity contribution in [3.05, 3.63) is 132 Å². The minimum absolute atomic E-state index is 0.0405. The van der Waals surface area contributed by atoms with E-state index in [1.54, 1.807) is 12.1 Å². The number of carboxylic acids is 1. The number of carbonyl (C=O) groups excluding carboxylic acids is 1. The molecule has 296 valence electrons. The van der Waals surface area contributed by atoms with Crippen LogP contribution in [0.3, 0.4) is 0 Å². The molecular formula is C45H47F2N5O5.